The van der Waals surface area contributed by atoms with Gasteiger partial charge in [0, 0.05) is 6.20 Å². The zero-order valence-corrected chi connectivity index (χ0v) is 11.4. The SMILES string of the molecule is Cc1ccccc1-n1cc(C)c2ccc(O)cc2c1=O. The van der Waals surface area contributed by atoms with Crippen molar-refractivity contribution in [1.82, 2.24) is 4.57 Å². The van der Waals surface area contributed by atoms with Crippen LogP contribution in [0.5, 0.6) is 5.75 Å². The van der Waals surface area contributed by atoms with Gasteiger partial charge in [-0.15, -0.1) is 0 Å². The maximum atomic E-state index is 12.6. The lowest BCUT2D eigenvalue weighted by atomic mass is 10.1. The smallest absolute Gasteiger partial charge is 0.263 e. The Morgan fingerprint density at radius 2 is 1.70 bits per heavy atom. The molecule has 0 unspecified atom stereocenters. The molecule has 0 spiro atoms. The van der Waals surface area contributed by atoms with Crippen LogP contribution in [0.15, 0.2) is 53.5 Å². The zero-order valence-electron chi connectivity index (χ0n) is 11.4. The second-order valence-electron chi connectivity index (χ2n) is 5.00. The highest BCUT2D eigenvalue weighted by Gasteiger charge is 2.09. The zero-order chi connectivity index (χ0) is 14.3. The molecule has 3 aromatic rings. The van der Waals surface area contributed by atoms with Crippen molar-refractivity contribution in [2.75, 3.05) is 0 Å². The van der Waals surface area contributed by atoms with Crippen LogP contribution in [0, 0.1) is 13.8 Å². The molecule has 20 heavy (non-hydrogen) atoms. The summed E-state index contributed by atoms with van der Waals surface area (Å²) in [6.07, 6.45) is 1.85. The van der Waals surface area contributed by atoms with Crippen molar-refractivity contribution in [3.05, 3.63) is 70.1 Å². The van der Waals surface area contributed by atoms with Gasteiger partial charge >= 0.3 is 0 Å². The summed E-state index contributed by atoms with van der Waals surface area (Å²) in [7, 11) is 0. The van der Waals surface area contributed by atoms with Gasteiger partial charge in [-0.05, 0) is 48.6 Å². The molecule has 0 aliphatic carbocycles. The minimum atomic E-state index is -0.115. The van der Waals surface area contributed by atoms with Crippen LogP contribution < -0.4 is 5.56 Å². The molecule has 0 bridgehead atoms. The lowest BCUT2D eigenvalue weighted by molar-refractivity contribution is 0.476. The summed E-state index contributed by atoms with van der Waals surface area (Å²) >= 11 is 0. The third-order valence-electron chi connectivity index (χ3n) is 3.57. The third-order valence-corrected chi connectivity index (χ3v) is 3.57. The van der Waals surface area contributed by atoms with E-state index < -0.39 is 0 Å². The number of phenols is 1. The Bertz CT molecular complexity index is 862. The molecular formula is C17H15NO2. The largest absolute Gasteiger partial charge is 0.508 e. The van der Waals surface area contributed by atoms with Gasteiger partial charge in [-0.1, -0.05) is 24.3 Å². The average molecular weight is 265 g/mol. The summed E-state index contributed by atoms with van der Waals surface area (Å²) in [5.41, 5.74) is 2.79. The molecule has 3 rings (SSSR count). The number of fused-ring (bicyclic) bond motifs is 1. The Morgan fingerprint density at radius 3 is 2.45 bits per heavy atom. The van der Waals surface area contributed by atoms with Crippen LogP contribution in [0.1, 0.15) is 11.1 Å². The van der Waals surface area contributed by atoms with Crippen LogP contribution >= 0.6 is 0 Å². The molecule has 0 saturated heterocycles. The molecule has 0 fully saturated rings. The lowest BCUT2D eigenvalue weighted by Crippen LogP contribution is -2.19. The standard InChI is InChI=1S/C17H15NO2/c1-11-5-3-4-6-16(11)18-10-12(2)14-8-7-13(19)9-15(14)17(18)20/h3-10,19H,1-2H3. The number of rotatable bonds is 1. The maximum absolute atomic E-state index is 12.6. The highest BCUT2D eigenvalue weighted by atomic mass is 16.3. The first-order valence-electron chi connectivity index (χ1n) is 6.49. The van der Waals surface area contributed by atoms with E-state index in [2.05, 4.69) is 0 Å². The molecule has 0 atom stereocenters. The molecule has 1 heterocycles. The fraction of sp³-hybridized carbons (Fsp3) is 0.118. The number of pyridine rings is 1. The molecule has 0 amide bonds. The van der Waals surface area contributed by atoms with Crippen LogP contribution in [0.4, 0.5) is 0 Å². The molecule has 3 heteroatoms. The summed E-state index contributed by atoms with van der Waals surface area (Å²) in [5.74, 6) is 0.108. The number of hydrogen-bond acceptors (Lipinski definition) is 2. The molecule has 0 aliphatic rings. The van der Waals surface area contributed by atoms with Gasteiger partial charge in [0.25, 0.3) is 5.56 Å². The van der Waals surface area contributed by atoms with Crippen molar-refractivity contribution < 1.29 is 5.11 Å². The minimum absolute atomic E-state index is 0.108. The van der Waals surface area contributed by atoms with Crippen LogP contribution in [-0.4, -0.2) is 9.67 Å². The Balaban J connectivity index is 2.42. The van der Waals surface area contributed by atoms with E-state index in [9.17, 15) is 9.90 Å². The van der Waals surface area contributed by atoms with Crippen LogP contribution in [0.25, 0.3) is 16.5 Å². The van der Waals surface area contributed by atoms with E-state index in [1.165, 1.54) is 6.07 Å². The molecule has 3 nitrogen and oxygen atoms in total. The van der Waals surface area contributed by atoms with Crippen LogP contribution in [-0.2, 0) is 0 Å². The predicted octanol–water partition coefficient (Wildman–Crippen LogP) is 3.31. The highest BCUT2D eigenvalue weighted by Crippen LogP contribution is 2.21. The van der Waals surface area contributed by atoms with Crippen molar-refractivity contribution in [3.8, 4) is 11.4 Å². The molecule has 0 saturated carbocycles. The summed E-state index contributed by atoms with van der Waals surface area (Å²) < 4.78 is 1.65. The Labute approximate surface area is 116 Å². The number of benzene rings is 2. The average Bonchev–Trinajstić information content (AvgIpc) is 2.43. The van der Waals surface area contributed by atoms with E-state index in [0.717, 1.165) is 22.2 Å². The van der Waals surface area contributed by atoms with Crippen molar-refractivity contribution in [1.29, 1.82) is 0 Å². The van der Waals surface area contributed by atoms with Gasteiger partial charge in [0.1, 0.15) is 5.75 Å². The number of nitrogens with zero attached hydrogens (tertiary/aromatic N) is 1. The first kappa shape index (κ1) is 12.5. The number of aromatic hydroxyl groups is 1. The number of aryl methyl sites for hydroxylation is 2. The maximum Gasteiger partial charge on any atom is 0.263 e. The third kappa shape index (κ3) is 1.88. The number of para-hydroxylation sites is 1. The fourth-order valence-corrected chi connectivity index (χ4v) is 2.52. The quantitative estimate of drug-likeness (QED) is 0.733. The van der Waals surface area contributed by atoms with Crippen LogP contribution in [0.3, 0.4) is 0 Å². The van der Waals surface area contributed by atoms with Crippen molar-refractivity contribution in [2.24, 2.45) is 0 Å². The van der Waals surface area contributed by atoms with Gasteiger partial charge in [0.2, 0.25) is 0 Å². The molecule has 1 aromatic heterocycles. The molecule has 2 aromatic carbocycles. The molecule has 1 N–H and O–H groups in total. The summed E-state index contributed by atoms with van der Waals surface area (Å²) in [6.45, 7) is 3.94. The number of phenolic OH excluding ortho intramolecular Hbond substituents is 1. The lowest BCUT2D eigenvalue weighted by Gasteiger charge is -2.12. The Kier molecular flexibility index (Phi) is 2.83. The second kappa shape index (κ2) is 4.53. The van der Waals surface area contributed by atoms with Gasteiger partial charge in [-0.3, -0.25) is 9.36 Å². The second-order valence-corrected chi connectivity index (χ2v) is 5.00. The molecule has 100 valence electrons. The van der Waals surface area contributed by atoms with E-state index in [4.69, 9.17) is 0 Å². The monoisotopic (exact) mass is 265 g/mol. The van der Waals surface area contributed by atoms with Gasteiger partial charge in [0.15, 0.2) is 0 Å². The summed E-state index contributed by atoms with van der Waals surface area (Å²) in [5, 5.41) is 11.0. The van der Waals surface area contributed by atoms with Crippen molar-refractivity contribution in [3.63, 3.8) is 0 Å². The predicted molar refractivity (Wildman–Crippen MR) is 80.7 cm³/mol. The van der Waals surface area contributed by atoms with Crippen LogP contribution in [0.2, 0.25) is 0 Å². The first-order chi connectivity index (χ1) is 9.58. The van der Waals surface area contributed by atoms with Crippen molar-refractivity contribution in [2.45, 2.75) is 13.8 Å². The number of aromatic nitrogens is 1. The van der Waals surface area contributed by atoms with Gasteiger partial charge < -0.3 is 5.11 Å². The van der Waals surface area contributed by atoms with Gasteiger partial charge in [-0.25, -0.2) is 0 Å². The molecular weight excluding hydrogens is 250 g/mol. The first-order valence-corrected chi connectivity index (χ1v) is 6.49. The van der Waals surface area contributed by atoms with E-state index in [0.29, 0.717) is 5.39 Å². The fourth-order valence-electron chi connectivity index (χ4n) is 2.52. The van der Waals surface area contributed by atoms with E-state index in [1.807, 2.05) is 44.3 Å². The Hall–Kier alpha value is -2.55. The summed E-state index contributed by atoms with van der Waals surface area (Å²) in [6, 6.07) is 12.7. The van der Waals surface area contributed by atoms with Gasteiger partial charge in [-0.2, -0.15) is 0 Å². The van der Waals surface area contributed by atoms with E-state index in [-0.39, 0.29) is 11.3 Å². The topological polar surface area (TPSA) is 42.2 Å². The van der Waals surface area contributed by atoms with Gasteiger partial charge in [0.05, 0.1) is 11.1 Å². The van der Waals surface area contributed by atoms with Crippen molar-refractivity contribution >= 4 is 10.8 Å². The van der Waals surface area contributed by atoms with E-state index >= 15 is 0 Å². The molecule has 0 aliphatic heterocycles. The molecule has 0 radical (unpaired) electrons. The normalized spacial score (nSPS) is 10.9. The number of hydrogen-bond donors (Lipinski definition) is 1. The minimum Gasteiger partial charge on any atom is -0.508 e. The summed E-state index contributed by atoms with van der Waals surface area (Å²) in [4.78, 5) is 12.6. The highest BCUT2D eigenvalue weighted by molar-refractivity contribution is 5.86. The van der Waals surface area contributed by atoms with E-state index in [1.54, 1.807) is 16.7 Å². The Morgan fingerprint density at radius 1 is 0.950 bits per heavy atom.